The first-order chi connectivity index (χ1) is 9.61. The molecule has 0 aliphatic heterocycles. The van der Waals surface area contributed by atoms with Crippen LogP contribution in [0.1, 0.15) is 15.9 Å². The lowest BCUT2D eigenvalue weighted by atomic mass is 10.1. The van der Waals surface area contributed by atoms with Crippen molar-refractivity contribution in [2.24, 2.45) is 0 Å². The van der Waals surface area contributed by atoms with Gasteiger partial charge >= 0.3 is 0 Å². The van der Waals surface area contributed by atoms with E-state index >= 15 is 0 Å². The van der Waals surface area contributed by atoms with Gasteiger partial charge in [0.1, 0.15) is 5.75 Å². The second-order valence-electron chi connectivity index (χ2n) is 4.26. The summed E-state index contributed by atoms with van der Waals surface area (Å²) >= 11 is 3.28. The third-order valence-corrected chi connectivity index (χ3v) is 3.57. The molecule has 0 heterocycles. The monoisotopic (exact) mass is 334 g/mol. The van der Waals surface area contributed by atoms with E-state index in [-0.39, 0.29) is 11.7 Å². The van der Waals surface area contributed by atoms with E-state index in [0.29, 0.717) is 16.6 Å². The Labute approximate surface area is 126 Å². The molecule has 0 unspecified atom stereocenters. The Morgan fingerprint density at radius 2 is 1.90 bits per heavy atom. The molecule has 3 N–H and O–H groups in total. The standard InChI is InChI=1S/C15H15BrN2O2/c1-17-15(20)10-5-7-12(8-6-10)18-9-11-3-2-4-13(16)14(11)19/h2-8,18-19H,9H2,1H3,(H,17,20). The van der Waals surface area contributed by atoms with E-state index in [2.05, 4.69) is 26.6 Å². The van der Waals surface area contributed by atoms with E-state index in [4.69, 9.17) is 0 Å². The molecule has 1 amide bonds. The quantitative estimate of drug-likeness (QED) is 0.805. The number of rotatable bonds is 4. The van der Waals surface area contributed by atoms with Gasteiger partial charge in [-0.05, 0) is 46.3 Å². The average molecular weight is 335 g/mol. The molecule has 0 spiro atoms. The van der Waals surface area contributed by atoms with E-state index in [1.165, 1.54) is 0 Å². The number of hydrogen-bond acceptors (Lipinski definition) is 3. The van der Waals surface area contributed by atoms with E-state index < -0.39 is 0 Å². The summed E-state index contributed by atoms with van der Waals surface area (Å²) in [5, 5.41) is 15.7. The Hall–Kier alpha value is -2.01. The summed E-state index contributed by atoms with van der Waals surface area (Å²) in [7, 11) is 1.60. The lowest BCUT2D eigenvalue weighted by molar-refractivity contribution is 0.0963. The first kappa shape index (κ1) is 14.4. The highest BCUT2D eigenvalue weighted by atomic mass is 79.9. The topological polar surface area (TPSA) is 61.4 Å². The number of hydrogen-bond donors (Lipinski definition) is 3. The SMILES string of the molecule is CNC(=O)c1ccc(NCc2cccc(Br)c2O)cc1. The van der Waals surface area contributed by atoms with Gasteiger partial charge in [0, 0.05) is 30.4 Å². The summed E-state index contributed by atoms with van der Waals surface area (Å²) in [4.78, 5) is 11.4. The zero-order chi connectivity index (χ0) is 14.5. The summed E-state index contributed by atoms with van der Waals surface area (Å²) in [6.45, 7) is 0.505. The second-order valence-corrected chi connectivity index (χ2v) is 5.11. The fourth-order valence-corrected chi connectivity index (χ4v) is 2.19. The maximum absolute atomic E-state index is 11.4. The first-order valence-electron chi connectivity index (χ1n) is 6.14. The van der Waals surface area contributed by atoms with Gasteiger partial charge in [0.25, 0.3) is 5.91 Å². The maximum Gasteiger partial charge on any atom is 0.251 e. The molecule has 2 aromatic carbocycles. The Bertz CT molecular complexity index is 612. The molecule has 20 heavy (non-hydrogen) atoms. The molecule has 0 fully saturated rings. The zero-order valence-electron chi connectivity index (χ0n) is 11.0. The van der Waals surface area contributed by atoms with Gasteiger partial charge in [0.15, 0.2) is 0 Å². The van der Waals surface area contributed by atoms with Crippen molar-refractivity contribution in [1.29, 1.82) is 0 Å². The third kappa shape index (κ3) is 3.30. The van der Waals surface area contributed by atoms with Crippen molar-refractivity contribution >= 4 is 27.5 Å². The van der Waals surface area contributed by atoms with Gasteiger partial charge in [-0.1, -0.05) is 12.1 Å². The normalized spacial score (nSPS) is 10.1. The Morgan fingerprint density at radius 3 is 2.55 bits per heavy atom. The maximum atomic E-state index is 11.4. The molecule has 5 heteroatoms. The largest absolute Gasteiger partial charge is 0.506 e. The number of halogens is 1. The molecule has 0 saturated heterocycles. The molecular weight excluding hydrogens is 320 g/mol. The van der Waals surface area contributed by atoms with Crippen LogP contribution >= 0.6 is 15.9 Å². The summed E-state index contributed by atoms with van der Waals surface area (Å²) in [5.41, 5.74) is 2.30. The van der Waals surface area contributed by atoms with E-state index in [9.17, 15) is 9.90 Å². The van der Waals surface area contributed by atoms with Crippen LogP contribution in [0, 0.1) is 0 Å². The average Bonchev–Trinajstić information content (AvgIpc) is 2.48. The van der Waals surface area contributed by atoms with Gasteiger partial charge in [-0.15, -0.1) is 0 Å². The van der Waals surface area contributed by atoms with Crippen LogP contribution in [0.3, 0.4) is 0 Å². The fourth-order valence-electron chi connectivity index (χ4n) is 1.78. The Kier molecular flexibility index (Phi) is 4.63. The van der Waals surface area contributed by atoms with E-state index in [1.807, 2.05) is 24.3 Å². The van der Waals surface area contributed by atoms with E-state index in [0.717, 1.165) is 11.3 Å². The van der Waals surface area contributed by atoms with Gasteiger partial charge in [0.05, 0.1) is 4.47 Å². The number of para-hydroxylation sites is 1. The molecule has 0 aliphatic carbocycles. The van der Waals surface area contributed by atoms with E-state index in [1.54, 1.807) is 25.2 Å². The number of carbonyl (C=O) groups excluding carboxylic acids is 1. The Balaban J connectivity index is 2.04. The van der Waals surface area contributed by atoms with Crippen molar-refractivity contribution in [3.63, 3.8) is 0 Å². The van der Waals surface area contributed by atoms with Crippen molar-refractivity contribution in [1.82, 2.24) is 5.32 Å². The van der Waals surface area contributed by atoms with Crippen molar-refractivity contribution in [3.8, 4) is 5.75 Å². The zero-order valence-corrected chi connectivity index (χ0v) is 12.6. The van der Waals surface area contributed by atoms with Crippen molar-refractivity contribution in [2.45, 2.75) is 6.54 Å². The van der Waals surface area contributed by atoms with Crippen molar-refractivity contribution in [3.05, 3.63) is 58.1 Å². The van der Waals surface area contributed by atoms with Gasteiger partial charge in [-0.25, -0.2) is 0 Å². The van der Waals surface area contributed by atoms with Crippen LogP contribution in [0.15, 0.2) is 46.9 Å². The van der Waals surface area contributed by atoms with Crippen LogP contribution in [0.25, 0.3) is 0 Å². The smallest absolute Gasteiger partial charge is 0.251 e. The predicted octanol–water partition coefficient (Wildman–Crippen LogP) is 3.13. The number of amides is 1. The predicted molar refractivity (Wildman–Crippen MR) is 83.0 cm³/mol. The van der Waals surface area contributed by atoms with Gasteiger partial charge in [-0.3, -0.25) is 4.79 Å². The highest BCUT2D eigenvalue weighted by molar-refractivity contribution is 9.10. The number of phenolic OH excluding ortho intramolecular Hbond substituents is 1. The van der Waals surface area contributed by atoms with Crippen LogP contribution < -0.4 is 10.6 Å². The molecule has 2 rings (SSSR count). The van der Waals surface area contributed by atoms with Crippen molar-refractivity contribution in [2.75, 3.05) is 12.4 Å². The molecule has 0 saturated carbocycles. The highest BCUT2D eigenvalue weighted by Gasteiger charge is 2.05. The number of carbonyl (C=O) groups is 1. The van der Waals surface area contributed by atoms with Crippen LogP contribution in [0.2, 0.25) is 0 Å². The van der Waals surface area contributed by atoms with Crippen LogP contribution in [0.4, 0.5) is 5.69 Å². The molecule has 0 radical (unpaired) electrons. The van der Waals surface area contributed by atoms with Crippen LogP contribution in [-0.2, 0) is 6.54 Å². The molecule has 0 aromatic heterocycles. The number of aromatic hydroxyl groups is 1. The summed E-state index contributed by atoms with van der Waals surface area (Å²) in [6.07, 6.45) is 0. The van der Waals surface area contributed by atoms with Crippen LogP contribution in [-0.4, -0.2) is 18.1 Å². The Morgan fingerprint density at radius 1 is 1.20 bits per heavy atom. The van der Waals surface area contributed by atoms with Crippen molar-refractivity contribution < 1.29 is 9.90 Å². The van der Waals surface area contributed by atoms with Gasteiger partial charge in [-0.2, -0.15) is 0 Å². The molecule has 2 aromatic rings. The molecule has 4 nitrogen and oxygen atoms in total. The molecular formula is C15H15BrN2O2. The lowest BCUT2D eigenvalue weighted by Gasteiger charge is -2.09. The minimum atomic E-state index is -0.110. The van der Waals surface area contributed by atoms with Gasteiger partial charge in [0.2, 0.25) is 0 Å². The summed E-state index contributed by atoms with van der Waals surface area (Å²) in [6, 6.07) is 12.7. The van der Waals surface area contributed by atoms with Crippen LogP contribution in [0.5, 0.6) is 5.75 Å². The number of phenols is 1. The summed E-state index contributed by atoms with van der Waals surface area (Å²) < 4.78 is 0.673. The number of nitrogens with one attached hydrogen (secondary N) is 2. The lowest BCUT2D eigenvalue weighted by Crippen LogP contribution is -2.17. The summed E-state index contributed by atoms with van der Waals surface area (Å²) in [5.74, 6) is 0.128. The minimum absolute atomic E-state index is 0.110. The fraction of sp³-hybridized carbons (Fsp3) is 0.133. The second kappa shape index (κ2) is 6.43. The number of anilines is 1. The first-order valence-corrected chi connectivity index (χ1v) is 6.93. The molecule has 0 atom stereocenters. The highest BCUT2D eigenvalue weighted by Crippen LogP contribution is 2.27. The van der Waals surface area contributed by atoms with Gasteiger partial charge < -0.3 is 15.7 Å². The third-order valence-electron chi connectivity index (χ3n) is 2.93. The number of benzene rings is 2. The molecule has 0 aliphatic rings. The molecule has 104 valence electrons. The minimum Gasteiger partial charge on any atom is -0.506 e. The molecule has 0 bridgehead atoms.